The van der Waals surface area contributed by atoms with Crippen LogP contribution >= 0.6 is 12.6 Å². The van der Waals surface area contributed by atoms with E-state index in [0.29, 0.717) is 5.56 Å². The SMILES string of the molecule is COC(=O)CNC(=O)C(c1ccc(C)c(C)c1)N(C(=O)C(CS)NC(=O)OC(C)(C)C)C1CCC1. The van der Waals surface area contributed by atoms with Crippen LogP contribution in [0.2, 0.25) is 0 Å². The van der Waals surface area contributed by atoms with Crippen molar-refractivity contribution in [3.63, 3.8) is 0 Å². The van der Waals surface area contributed by atoms with Crippen LogP contribution in [0.3, 0.4) is 0 Å². The number of hydrogen-bond donors (Lipinski definition) is 3. The lowest BCUT2D eigenvalue weighted by molar-refractivity contribution is -0.148. The number of nitrogens with zero attached hydrogens (tertiary/aromatic N) is 1. The van der Waals surface area contributed by atoms with E-state index in [9.17, 15) is 19.2 Å². The summed E-state index contributed by atoms with van der Waals surface area (Å²) >= 11 is 4.29. The van der Waals surface area contributed by atoms with Crippen molar-refractivity contribution in [2.75, 3.05) is 19.4 Å². The van der Waals surface area contributed by atoms with Gasteiger partial charge in [0.05, 0.1) is 7.11 Å². The van der Waals surface area contributed by atoms with Gasteiger partial charge in [0.15, 0.2) is 0 Å². The first kappa shape index (κ1) is 28.5. The van der Waals surface area contributed by atoms with E-state index in [2.05, 4.69) is 28.0 Å². The zero-order valence-corrected chi connectivity index (χ0v) is 22.2. The first-order chi connectivity index (χ1) is 16.4. The number of methoxy groups -OCH3 is 1. The zero-order valence-electron chi connectivity index (χ0n) is 21.3. The molecule has 1 aromatic rings. The summed E-state index contributed by atoms with van der Waals surface area (Å²) in [7, 11) is 1.24. The highest BCUT2D eigenvalue weighted by molar-refractivity contribution is 7.80. The smallest absolute Gasteiger partial charge is 0.408 e. The van der Waals surface area contributed by atoms with Crippen molar-refractivity contribution >= 4 is 36.5 Å². The van der Waals surface area contributed by atoms with Gasteiger partial charge < -0.3 is 25.0 Å². The minimum absolute atomic E-state index is 0.0186. The van der Waals surface area contributed by atoms with Crippen molar-refractivity contribution in [2.45, 2.75) is 77.6 Å². The topological polar surface area (TPSA) is 114 Å². The molecular weight excluding hydrogens is 470 g/mol. The molecule has 0 radical (unpaired) electrons. The number of esters is 1. The molecule has 0 bridgehead atoms. The van der Waals surface area contributed by atoms with Crippen molar-refractivity contribution < 1.29 is 28.7 Å². The maximum absolute atomic E-state index is 13.8. The Labute approximate surface area is 212 Å². The number of thiol groups is 1. The lowest BCUT2D eigenvalue weighted by Gasteiger charge is -2.43. The maximum Gasteiger partial charge on any atom is 0.408 e. The van der Waals surface area contributed by atoms with Gasteiger partial charge >= 0.3 is 12.1 Å². The number of benzene rings is 1. The van der Waals surface area contributed by atoms with E-state index in [-0.39, 0.29) is 18.3 Å². The summed E-state index contributed by atoms with van der Waals surface area (Å²) in [5, 5.41) is 5.19. The molecule has 2 unspecified atom stereocenters. The Balaban J connectivity index is 2.44. The third-order valence-electron chi connectivity index (χ3n) is 5.90. The molecule has 2 N–H and O–H groups in total. The molecule has 1 aliphatic rings. The van der Waals surface area contributed by atoms with E-state index in [4.69, 9.17) is 4.74 Å². The van der Waals surface area contributed by atoms with Gasteiger partial charge in [0, 0.05) is 11.8 Å². The van der Waals surface area contributed by atoms with Crippen molar-refractivity contribution in [1.82, 2.24) is 15.5 Å². The number of aryl methyl sites for hydroxylation is 2. The Morgan fingerprint density at radius 1 is 1.14 bits per heavy atom. The van der Waals surface area contributed by atoms with Crippen LogP contribution in [0.1, 0.15) is 62.8 Å². The Morgan fingerprint density at radius 2 is 1.80 bits per heavy atom. The summed E-state index contributed by atoms with van der Waals surface area (Å²) in [5.74, 6) is -1.52. The van der Waals surface area contributed by atoms with Gasteiger partial charge in [0.2, 0.25) is 11.8 Å². The highest BCUT2D eigenvalue weighted by Crippen LogP contribution is 2.34. The van der Waals surface area contributed by atoms with E-state index in [0.717, 1.165) is 30.4 Å². The van der Waals surface area contributed by atoms with Crippen molar-refractivity contribution in [1.29, 1.82) is 0 Å². The van der Waals surface area contributed by atoms with Crippen LogP contribution in [0, 0.1) is 13.8 Å². The fourth-order valence-corrected chi connectivity index (χ4v) is 3.95. The average Bonchev–Trinajstić information content (AvgIpc) is 2.74. The molecule has 0 saturated heterocycles. The molecule has 10 heteroatoms. The fraction of sp³-hybridized carbons (Fsp3) is 0.600. The molecule has 2 rings (SSSR count). The van der Waals surface area contributed by atoms with Crippen LogP contribution in [0.25, 0.3) is 0 Å². The van der Waals surface area contributed by atoms with Crippen molar-refractivity contribution in [3.8, 4) is 0 Å². The number of amides is 3. The van der Waals surface area contributed by atoms with E-state index < -0.39 is 41.6 Å². The molecule has 0 aliphatic heterocycles. The Hall–Kier alpha value is -2.75. The van der Waals surface area contributed by atoms with Crippen LogP contribution in [0.5, 0.6) is 0 Å². The van der Waals surface area contributed by atoms with Crippen molar-refractivity contribution in [3.05, 3.63) is 34.9 Å². The van der Waals surface area contributed by atoms with Crippen LogP contribution in [-0.2, 0) is 23.9 Å². The quantitative estimate of drug-likeness (QED) is 0.350. The molecule has 35 heavy (non-hydrogen) atoms. The molecular formula is C25H37N3O6S. The molecule has 194 valence electrons. The minimum atomic E-state index is -1.00. The number of ether oxygens (including phenoxy) is 2. The van der Waals surface area contributed by atoms with Crippen LogP contribution < -0.4 is 10.6 Å². The molecule has 3 amide bonds. The summed E-state index contributed by atoms with van der Waals surface area (Å²) < 4.78 is 9.96. The Morgan fingerprint density at radius 3 is 2.29 bits per heavy atom. The predicted molar refractivity (Wildman–Crippen MR) is 135 cm³/mol. The predicted octanol–water partition coefficient (Wildman–Crippen LogP) is 2.84. The third-order valence-corrected chi connectivity index (χ3v) is 6.27. The van der Waals surface area contributed by atoms with Gasteiger partial charge in [-0.3, -0.25) is 14.4 Å². The fourth-order valence-electron chi connectivity index (χ4n) is 3.70. The highest BCUT2D eigenvalue weighted by Gasteiger charge is 2.41. The Bertz CT molecular complexity index is 942. The molecule has 1 aromatic carbocycles. The van der Waals surface area contributed by atoms with Crippen LogP contribution in [-0.4, -0.2) is 65.9 Å². The number of carbonyl (C=O) groups excluding carboxylic acids is 4. The first-order valence-electron chi connectivity index (χ1n) is 11.7. The molecule has 0 spiro atoms. The Kier molecular flexibility index (Phi) is 10.00. The molecule has 1 aliphatic carbocycles. The van der Waals surface area contributed by atoms with Crippen molar-refractivity contribution in [2.24, 2.45) is 0 Å². The number of hydrogen-bond acceptors (Lipinski definition) is 7. The largest absolute Gasteiger partial charge is 0.468 e. The molecule has 1 saturated carbocycles. The van der Waals surface area contributed by atoms with Gasteiger partial charge in [-0.15, -0.1) is 0 Å². The van der Waals surface area contributed by atoms with E-state index in [1.54, 1.807) is 26.8 Å². The van der Waals surface area contributed by atoms with E-state index >= 15 is 0 Å². The second-order valence-corrected chi connectivity index (χ2v) is 10.1. The molecule has 2 atom stereocenters. The first-order valence-corrected chi connectivity index (χ1v) is 12.4. The molecule has 0 aromatic heterocycles. The van der Waals surface area contributed by atoms with Gasteiger partial charge in [-0.25, -0.2) is 4.79 Å². The minimum Gasteiger partial charge on any atom is -0.468 e. The molecule has 0 heterocycles. The maximum atomic E-state index is 13.8. The second kappa shape index (κ2) is 12.3. The molecule has 9 nitrogen and oxygen atoms in total. The summed E-state index contributed by atoms with van der Waals surface area (Å²) in [6.07, 6.45) is 1.63. The van der Waals surface area contributed by atoms with Gasteiger partial charge in [-0.2, -0.15) is 12.6 Å². The summed E-state index contributed by atoms with van der Waals surface area (Å²) in [5.41, 5.74) is 1.89. The third kappa shape index (κ3) is 7.88. The summed E-state index contributed by atoms with van der Waals surface area (Å²) in [6.45, 7) is 8.75. The van der Waals surface area contributed by atoms with Gasteiger partial charge in [-0.1, -0.05) is 18.2 Å². The zero-order chi connectivity index (χ0) is 26.3. The lowest BCUT2D eigenvalue weighted by Crippen LogP contribution is -2.58. The normalized spacial score (nSPS) is 15.3. The second-order valence-electron chi connectivity index (χ2n) is 9.75. The van der Waals surface area contributed by atoms with E-state index in [1.165, 1.54) is 12.0 Å². The lowest BCUT2D eigenvalue weighted by atomic mass is 9.87. The highest BCUT2D eigenvalue weighted by atomic mass is 32.1. The number of alkyl carbamates (subject to hydrolysis) is 1. The van der Waals surface area contributed by atoms with Gasteiger partial charge in [0.25, 0.3) is 0 Å². The van der Waals surface area contributed by atoms with Crippen LogP contribution in [0.4, 0.5) is 4.79 Å². The average molecular weight is 508 g/mol. The summed E-state index contributed by atoms with van der Waals surface area (Å²) in [6, 6.07) is 3.37. The number of rotatable bonds is 9. The number of carbonyl (C=O) groups is 4. The van der Waals surface area contributed by atoms with Gasteiger partial charge in [-0.05, 0) is 70.6 Å². The monoisotopic (exact) mass is 507 g/mol. The van der Waals surface area contributed by atoms with E-state index in [1.807, 2.05) is 26.0 Å². The van der Waals surface area contributed by atoms with Gasteiger partial charge in [0.1, 0.15) is 24.2 Å². The standard InChI is InChI=1S/C25H37N3O6S/c1-15-10-11-17(12-16(15)2)21(22(30)26-13-20(29)33-6)28(18-8-7-9-18)23(31)19(14-35)27-24(32)34-25(3,4)5/h10-12,18-19,21,35H,7-9,13-14H2,1-6H3,(H,26,30)(H,27,32). The van der Waals surface area contributed by atoms with Crippen LogP contribution in [0.15, 0.2) is 18.2 Å². The molecule has 1 fully saturated rings. The summed E-state index contributed by atoms with van der Waals surface area (Å²) in [4.78, 5) is 52.9. The number of nitrogens with one attached hydrogen (secondary N) is 2.